The van der Waals surface area contributed by atoms with Gasteiger partial charge in [0.05, 0.1) is 4.92 Å². The number of ketones is 3. The first-order valence-electron chi connectivity index (χ1n) is 7.20. The van der Waals surface area contributed by atoms with Gasteiger partial charge in [-0.05, 0) is 18.9 Å². The molecule has 0 amide bonds. The van der Waals surface area contributed by atoms with E-state index in [0.717, 1.165) is 0 Å². The van der Waals surface area contributed by atoms with E-state index in [1.807, 2.05) is 0 Å². The van der Waals surface area contributed by atoms with Crippen molar-refractivity contribution in [1.29, 1.82) is 0 Å². The van der Waals surface area contributed by atoms with Crippen LogP contribution in [0.2, 0.25) is 0 Å². The molecule has 2 rings (SSSR count). The van der Waals surface area contributed by atoms with Gasteiger partial charge in [0.25, 0.3) is 5.69 Å². The highest BCUT2D eigenvalue weighted by molar-refractivity contribution is 6.22. The molecule has 1 aromatic rings. The number of hydrogen-bond acceptors (Lipinski definition) is 5. The van der Waals surface area contributed by atoms with Gasteiger partial charge >= 0.3 is 0 Å². The lowest BCUT2D eigenvalue weighted by atomic mass is 9.74. The molecule has 0 saturated heterocycles. The van der Waals surface area contributed by atoms with Gasteiger partial charge in [0, 0.05) is 30.4 Å². The monoisotopic (exact) mass is 303 g/mol. The van der Waals surface area contributed by atoms with E-state index in [9.17, 15) is 24.5 Å². The summed E-state index contributed by atoms with van der Waals surface area (Å²) >= 11 is 0. The Morgan fingerprint density at radius 2 is 2.05 bits per heavy atom. The largest absolute Gasteiger partial charge is 0.298 e. The van der Waals surface area contributed by atoms with E-state index in [-0.39, 0.29) is 30.1 Å². The number of nitro benzene ring substituents is 1. The predicted octanol–water partition coefficient (Wildman–Crippen LogP) is 2.51. The number of nitrogens with zero attached hydrogens (tertiary/aromatic N) is 1. The first-order chi connectivity index (χ1) is 10.4. The van der Waals surface area contributed by atoms with Crippen LogP contribution >= 0.6 is 0 Å². The molecule has 1 aromatic carbocycles. The van der Waals surface area contributed by atoms with Crippen molar-refractivity contribution >= 4 is 23.0 Å². The molecule has 0 N–H and O–H groups in total. The topological polar surface area (TPSA) is 94.3 Å². The normalized spacial score (nSPS) is 21.7. The summed E-state index contributed by atoms with van der Waals surface area (Å²) in [5.74, 6) is -2.97. The van der Waals surface area contributed by atoms with E-state index < -0.39 is 22.5 Å². The Hall–Kier alpha value is -2.37. The number of Topliss-reactive ketones (excluding diaryl/α,β-unsaturated/α-hetero) is 3. The Kier molecular flexibility index (Phi) is 4.49. The summed E-state index contributed by atoms with van der Waals surface area (Å²) in [5.41, 5.74) is 0.957. The Balaban J connectivity index is 2.39. The Morgan fingerprint density at radius 1 is 1.36 bits per heavy atom. The fourth-order valence-electron chi connectivity index (χ4n) is 2.85. The van der Waals surface area contributed by atoms with Gasteiger partial charge in [-0.25, -0.2) is 0 Å². The predicted molar refractivity (Wildman–Crippen MR) is 78.6 cm³/mol. The fourth-order valence-corrected chi connectivity index (χ4v) is 2.85. The van der Waals surface area contributed by atoms with Crippen molar-refractivity contribution in [3.05, 3.63) is 39.4 Å². The number of rotatable bonds is 4. The van der Waals surface area contributed by atoms with Crippen LogP contribution in [0.1, 0.15) is 43.2 Å². The SMILES string of the molecule is CCC(=O)C1C(=O)CCC(c2ccc(C)c([N+](=O)[O-])c2)C1=O. The van der Waals surface area contributed by atoms with E-state index in [4.69, 9.17) is 0 Å². The zero-order valence-corrected chi connectivity index (χ0v) is 12.5. The minimum atomic E-state index is -1.20. The summed E-state index contributed by atoms with van der Waals surface area (Å²) in [6.07, 6.45) is 0.572. The molecule has 22 heavy (non-hydrogen) atoms. The van der Waals surface area contributed by atoms with E-state index in [1.54, 1.807) is 26.0 Å². The van der Waals surface area contributed by atoms with Gasteiger partial charge in [0.1, 0.15) is 5.92 Å². The summed E-state index contributed by atoms with van der Waals surface area (Å²) in [7, 11) is 0. The first kappa shape index (κ1) is 16.0. The van der Waals surface area contributed by atoms with Crippen molar-refractivity contribution in [2.24, 2.45) is 5.92 Å². The Bertz CT molecular complexity index is 657. The van der Waals surface area contributed by atoms with Gasteiger partial charge in [0.15, 0.2) is 17.3 Å². The molecular weight excluding hydrogens is 286 g/mol. The van der Waals surface area contributed by atoms with Crippen LogP contribution in [0.3, 0.4) is 0 Å². The highest BCUT2D eigenvalue weighted by Crippen LogP contribution is 2.34. The van der Waals surface area contributed by atoms with Crippen molar-refractivity contribution in [2.45, 2.75) is 39.0 Å². The Morgan fingerprint density at radius 3 is 2.64 bits per heavy atom. The van der Waals surface area contributed by atoms with E-state index >= 15 is 0 Å². The van der Waals surface area contributed by atoms with Gasteiger partial charge in [-0.2, -0.15) is 0 Å². The second kappa shape index (κ2) is 6.17. The van der Waals surface area contributed by atoms with Crippen LogP contribution in [0, 0.1) is 23.0 Å². The molecule has 1 saturated carbocycles. The van der Waals surface area contributed by atoms with Crippen LogP contribution in [0.25, 0.3) is 0 Å². The van der Waals surface area contributed by atoms with Crippen LogP contribution in [0.4, 0.5) is 5.69 Å². The van der Waals surface area contributed by atoms with Crippen LogP contribution in [0.15, 0.2) is 18.2 Å². The molecule has 1 aliphatic carbocycles. The highest BCUT2D eigenvalue weighted by atomic mass is 16.6. The van der Waals surface area contributed by atoms with E-state index in [2.05, 4.69) is 0 Å². The third-order valence-corrected chi connectivity index (χ3v) is 4.13. The molecule has 0 radical (unpaired) electrons. The maximum absolute atomic E-state index is 12.5. The molecule has 0 aliphatic heterocycles. The number of aryl methyl sites for hydroxylation is 1. The van der Waals surface area contributed by atoms with Crippen LogP contribution < -0.4 is 0 Å². The molecule has 0 heterocycles. The molecule has 0 aromatic heterocycles. The van der Waals surface area contributed by atoms with E-state index in [1.165, 1.54) is 6.07 Å². The highest BCUT2D eigenvalue weighted by Gasteiger charge is 2.41. The molecule has 1 fully saturated rings. The van der Waals surface area contributed by atoms with Crippen LogP contribution in [-0.2, 0) is 14.4 Å². The van der Waals surface area contributed by atoms with Gasteiger partial charge in [-0.15, -0.1) is 0 Å². The lowest BCUT2D eigenvalue weighted by molar-refractivity contribution is -0.385. The molecule has 0 bridgehead atoms. The number of carbonyl (C=O) groups is 3. The second-order valence-corrected chi connectivity index (χ2v) is 5.52. The lowest BCUT2D eigenvalue weighted by Gasteiger charge is -2.26. The third kappa shape index (κ3) is 2.81. The third-order valence-electron chi connectivity index (χ3n) is 4.13. The number of nitro groups is 1. The molecule has 2 atom stereocenters. The van der Waals surface area contributed by atoms with Gasteiger partial charge in [-0.1, -0.05) is 19.1 Å². The summed E-state index contributed by atoms with van der Waals surface area (Å²) in [5, 5.41) is 11.0. The summed E-state index contributed by atoms with van der Waals surface area (Å²) in [6.45, 7) is 3.24. The average Bonchev–Trinajstić information content (AvgIpc) is 2.47. The molecule has 6 heteroatoms. The Labute approximate surface area is 127 Å². The minimum Gasteiger partial charge on any atom is -0.298 e. The zero-order valence-electron chi connectivity index (χ0n) is 12.5. The first-order valence-corrected chi connectivity index (χ1v) is 7.20. The van der Waals surface area contributed by atoms with Gasteiger partial charge in [0.2, 0.25) is 0 Å². The van der Waals surface area contributed by atoms with Gasteiger partial charge < -0.3 is 0 Å². The summed E-state index contributed by atoms with van der Waals surface area (Å²) in [6, 6.07) is 4.63. The van der Waals surface area contributed by atoms with Crippen molar-refractivity contribution in [3.8, 4) is 0 Å². The number of hydrogen-bond donors (Lipinski definition) is 0. The lowest BCUT2D eigenvalue weighted by Crippen LogP contribution is -2.39. The number of carbonyl (C=O) groups excluding carboxylic acids is 3. The molecule has 6 nitrogen and oxygen atoms in total. The fraction of sp³-hybridized carbons (Fsp3) is 0.438. The quantitative estimate of drug-likeness (QED) is 0.484. The molecule has 2 unspecified atom stereocenters. The molecule has 1 aliphatic rings. The van der Waals surface area contributed by atoms with E-state index in [0.29, 0.717) is 17.5 Å². The molecule has 116 valence electrons. The van der Waals surface area contributed by atoms with Crippen LogP contribution in [-0.4, -0.2) is 22.3 Å². The zero-order chi connectivity index (χ0) is 16.4. The van der Waals surface area contributed by atoms with Crippen molar-refractivity contribution < 1.29 is 19.3 Å². The minimum absolute atomic E-state index is 0.0550. The summed E-state index contributed by atoms with van der Waals surface area (Å²) in [4.78, 5) is 46.7. The number of benzene rings is 1. The average molecular weight is 303 g/mol. The molecular formula is C16H17NO5. The van der Waals surface area contributed by atoms with Crippen molar-refractivity contribution in [2.75, 3.05) is 0 Å². The van der Waals surface area contributed by atoms with Crippen LogP contribution in [0.5, 0.6) is 0 Å². The van der Waals surface area contributed by atoms with Gasteiger partial charge in [-0.3, -0.25) is 24.5 Å². The standard InChI is InChI=1S/C16H17NO5/c1-3-13(18)15-14(19)7-6-11(16(15)20)10-5-4-9(2)12(8-10)17(21)22/h4-5,8,11,15H,3,6-7H2,1-2H3. The maximum atomic E-state index is 12.5. The second-order valence-electron chi connectivity index (χ2n) is 5.52. The summed E-state index contributed by atoms with van der Waals surface area (Å²) < 4.78 is 0. The van der Waals surface area contributed by atoms with Crippen molar-refractivity contribution in [3.63, 3.8) is 0 Å². The maximum Gasteiger partial charge on any atom is 0.272 e. The smallest absolute Gasteiger partial charge is 0.272 e. The van der Waals surface area contributed by atoms with Crippen molar-refractivity contribution in [1.82, 2.24) is 0 Å². The molecule has 0 spiro atoms.